The van der Waals surface area contributed by atoms with Gasteiger partial charge in [-0.25, -0.2) is 0 Å². The van der Waals surface area contributed by atoms with Crippen molar-refractivity contribution in [1.29, 1.82) is 0 Å². The summed E-state index contributed by atoms with van der Waals surface area (Å²) in [6.07, 6.45) is 2.85. The van der Waals surface area contributed by atoms with Gasteiger partial charge in [-0.3, -0.25) is 4.79 Å². The van der Waals surface area contributed by atoms with Crippen LogP contribution in [0.2, 0.25) is 0 Å². The topological polar surface area (TPSA) is 77.8 Å². The van der Waals surface area contributed by atoms with Crippen molar-refractivity contribution in [1.82, 2.24) is 0 Å². The fourth-order valence-corrected chi connectivity index (χ4v) is 2.10. The van der Waals surface area contributed by atoms with Gasteiger partial charge in [0.25, 0.3) is 0 Å². The Morgan fingerprint density at radius 1 is 1.17 bits per heavy atom. The number of rotatable bonds is 3. The molecule has 4 nitrogen and oxygen atoms in total. The van der Waals surface area contributed by atoms with Crippen LogP contribution in [-0.4, -0.2) is 21.1 Å². The fourth-order valence-electron chi connectivity index (χ4n) is 1.47. The van der Waals surface area contributed by atoms with E-state index in [9.17, 15) is 15.0 Å². The average Bonchev–Trinajstić information content (AvgIpc) is 2.77. The number of thiophene rings is 1. The lowest BCUT2D eigenvalue weighted by Gasteiger charge is -2.04. The average molecular weight is 262 g/mol. The Morgan fingerprint density at radius 3 is 2.39 bits per heavy atom. The van der Waals surface area contributed by atoms with E-state index in [1.807, 2.05) is 16.8 Å². The minimum absolute atomic E-state index is 0.223. The van der Waals surface area contributed by atoms with Crippen molar-refractivity contribution in [2.75, 3.05) is 0 Å². The minimum atomic E-state index is -0.531. The van der Waals surface area contributed by atoms with Gasteiger partial charge < -0.3 is 15.3 Å². The highest BCUT2D eigenvalue weighted by molar-refractivity contribution is 7.08. The molecule has 0 unspecified atom stereocenters. The SMILES string of the molecule is O=C(/C=C/c1ccsc1)c1c(O)cc(O)cc1O. The van der Waals surface area contributed by atoms with Gasteiger partial charge in [-0.15, -0.1) is 0 Å². The second-order valence-electron chi connectivity index (χ2n) is 3.61. The normalized spacial score (nSPS) is 10.9. The third kappa shape index (κ3) is 2.52. The lowest BCUT2D eigenvalue weighted by atomic mass is 10.1. The Morgan fingerprint density at radius 2 is 1.83 bits per heavy atom. The molecule has 1 heterocycles. The number of aromatic hydroxyl groups is 3. The molecule has 0 radical (unpaired) electrons. The largest absolute Gasteiger partial charge is 0.508 e. The molecule has 0 aliphatic carbocycles. The summed E-state index contributed by atoms with van der Waals surface area (Å²) >= 11 is 1.50. The molecule has 0 amide bonds. The number of hydrogen-bond donors (Lipinski definition) is 3. The van der Waals surface area contributed by atoms with E-state index in [4.69, 9.17) is 5.11 Å². The third-order valence-electron chi connectivity index (χ3n) is 2.30. The number of carbonyl (C=O) groups is 1. The van der Waals surface area contributed by atoms with Crippen LogP contribution in [0, 0.1) is 0 Å². The van der Waals surface area contributed by atoms with Crippen LogP contribution < -0.4 is 0 Å². The van der Waals surface area contributed by atoms with Gasteiger partial charge in [-0.1, -0.05) is 6.08 Å². The molecule has 0 bridgehead atoms. The van der Waals surface area contributed by atoms with Crippen molar-refractivity contribution in [3.05, 3.63) is 46.2 Å². The van der Waals surface area contributed by atoms with Crippen molar-refractivity contribution in [2.24, 2.45) is 0 Å². The molecule has 0 atom stereocenters. The van der Waals surface area contributed by atoms with Crippen LogP contribution in [-0.2, 0) is 0 Å². The zero-order valence-corrected chi connectivity index (χ0v) is 10.0. The third-order valence-corrected chi connectivity index (χ3v) is 3.00. The summed E-state index contributed by atoms with van der Waals surface area (Å²) in [5.74, 6) is -1.74. The number of phenolic OH excluding ortho intramolecular Hbond substituents is 3. The van der Waals surface area contributed by atoms with Gasteiger partial charge in [0.15, 0.2) is 5.78 Å². The van der Waals surface area contributed by atoms with E-state index in [0.29, 0.717) is 0 Å². The molecule has 1 aromatic carbocycles. The molecule has 1 aromatic heterocycles. The molecule has 18 heavy (non-hydrogen) atoms. The maximum absolute atomic E-state index is 11.8. The van der Waals surface area contributed by atoms with Gasteiger partial charge in [0.05, 0.1) is 0 Å². The van der Waals surface area contributed by atoms with Crippen LogP contribution in [0.1, 0.15) is 15.9 Å². The van der Waals surface area contributed by atoms with Crippen molar-refractivity contribution in [3.63, 3.8) is 0 Å². The predicted molar refractivity (Wildman–Crippen MR) is 69.1 cm³/mol. The summed E-state index contributed by atoms with van der Waals surface area (Å²) in [5, 5.41) is 31.9. The van der Waals surface area contributed by atoms with E-state index in [-0.39, 0.29) is 11.3 Å². The number of allylic oxidation sites excluding steroid dienone is 1. The standard InChI is InChI=1S/C13H10O4S/c14-9-5-11(16)13(12(17)6-9)10(15)2-1-8-3-4-18-7-8/h1-7,14,16-17H/b2-1+. The Labute approximate surface area is 107 Å². The molecular formula is C13H10O4S. The van der Waals surface area contributed by atoms with E-state index in [0.717, 1.165) is 17.7 Å². The van der Waals surface area contributed by atoms with Crippen LogP contribution >= 0.6 is 11.3 Å². The maximum atomic E-state index is 11.8. The summed E-state index contributed by atoms with van der Waals surface area (Å²) in [6, 6.07) is 3.85. The molecule has 5 heteroatoms. The first kappa shape index (κ1) is 12.2. The molecule has 0 aliphatic heterocycles. The summed E-state index contributed by atoms with van der Waals surface area (Å²) in [4.78, 5) is 11.8. The number of hydrogen-bond acceptors (Lipinski definition) is 5. The van der Waals surface area contributed by atoms with Crippen molar-refractivity contribution < 1.29 is 20.1 Å². The molecular weight excluding hydrogens is 252 g/mol. The highest BCUT2D eigenvalue weighted by atomic mass is 32.1. The first-order valence-corrected chi connectivity index (χ1v) is 6.02. The lowest BCUT2D eigenvalue weighted by molar-refractivity contribution is 0.104. The number of benzene rings is 1. The second-order valence-corrected chi connectivity index (χ2v) is 4.39. The quantitative estimate of drug-likeness (QED) is 0.587. The molecule has 0 aliphatic rings. The Balaban J connectivity index is 2.30. The molecule has 0 saturated carbocycles. The van der Waals surface area contributed by atoms with Gasteiger partial charge in [0.2, 0.25) is 0 Å². The smallest absolute Gasteiger partial charge is 0.193 e. The van der Waals surface area contributed by atoms with Crippen LogP contribution in [0.4, 0.5) is 0 Å². The molecule has 2 rings (SSSR count). The summed E-state index contributed by atoms with van der Waals surface area (Å²) < 4.78 is 0. The maximum Gasteiger partial charge on any atom is 0.193 e. The van der Waals surface area contributed by atoms with Crippen molar-refractivity contribution in [2.45, 2.75) is 0 Å². The number of carbonyl (C=O) groups excluding carboxylic acids is 1. The summed E-state index contributed by atoms with van der Waals surface area (Å²) in [6.45, 7) is 0. The van der Waals surface area contributed by atoms with Gasteiger partial charge in [-0.05, 0) is 28.5 Å². The molecule has 0 fully saturated rings. The minimum Gasteiger partial charge on any atom is -0.508 e. The number of phenols is 3. The molecule has 3 N–H and O–H groups in total. The van der Waals surface area contributed by atoms with Gasteiger partial charge in [0, 0.05) is 12.1 Å². The predicted octanol–water partition coefficient (Wildman–Crippen LogP) is 2.76. The molecule has 2 aromatic rings. The van der Waals surface area contributed by atoms with E-state index >= 15 is 0 Å². The Hall–Kier alpha value is -2.27. The van der Waals surface area contributed by atoms with E-state index in [1.165, 1.54) is 17.4 Å². The molecule has 0 spiro atoms. The fraction of sp³-hybridized carbons (Fsp3) is 0. The highest BCUT2D eigenvalue weighted by Gasteiger charge is 2.15. The first-order valence-electron chi connectivity index (χ1n) is 5.07. The first-order chi connectivity index (χ1) is 8.58. The van der Waals surface area contributed by atoms with Crippen LogP contribution in [0.25, 0.3) is 6.08 Å². The lowest BCUT2D eigenvalue weighted by Crippen LogP contribution is -1.95. The van der Waals surface area contributed by atoms with Crippen LogP contribution in [0.5, 0.6) is 17.2 Å². The highest BCUT2D eigenvalue weighted by Crippen LogP contribution is 2.32. The van der Waals surface area contributed by atoms with Crippen molar-refractivity contribution >= 4 is 23.2 Å². The van der Waals surface area contributed by atoms with Gasteiger partial charge in [-0.2, -0.15) is 11.3 Å². The van der Waals surface area contributed by atoms with Gasteiger partial charge in [0.1, 0.15) is 22.8 Å². The van der Waals surface area contributed by atoms with Crippen LogP contribution in [0.3, 0.4) is 0 Å². The van der Waals surface area contributed by atoms with Crippen LogP contribution in [0.15, 0.2) is 35.0 Å². The van der Waals surface area contributed by atoms with Gasteiger partial charge >= 0.3 is 0 Å². The number of ketones is 1. The van der Waals surface area contributed by atoms with E-state index < -0.39 is 17.3 Å². The summed E-state index contributed by atoms with van der Waals surface area (Å²) in [7, 11) is 0. The summed E-state index contributed by atoms with van der Waals surface area (Å²) in [5.41, 5.74) is 0.644. The van der Waals surface area contributed by atoms with E-state index in [2.05, 4.69) is 0 Å². The van der Waals surface area contributed by atoms with E-state index in [1.54, 1.807) is 6.08 Å². The Bertz CT molecular complexity index is 576. The second kappa shape index (κ2) is 4.93. The molecule has 92 valence electrons. The Kier molecular flexibility index (Phi) is 3.34. The van der Waals surface area contributed by atoms with Crippen molar-refractivity contribution in [3.8, 4) is 17.2 Å². The zero-order chi connectivity index (χ0) is 13.1. The zero-order valence-electron chi connectivity index (χ0n) is 9.20. The molecule has 0 saturated heterocycles. The monoisotopic (exact) mass is 262 g/mol.